The van der Waals surface area contributed by atoms with E-state index in [1.165, 1.54) is 24.3 Å². The van der Waals surface area contributed by atoms with Crippen molar-refractivity contribution in [3.63, 3.8) is 0 Å². The molecule has 2 aromatic rings. The van der Waals surface area contributed by atoms with E-state index < -0.39 is 5.82 Å². The largest absolute Gasteiger partial charge is 0.397 e. The Bertz CT molecular complexity index is 644. The molecule has 110 valence electrons. The van der Waals surface area contributed by atoms with E-state index in [4.69, 9.17) is 5.73 Å². The number of rotatable bonds is 4. The fraction of sp³-hybridized carbons (Fsp3) is 0.133. The van der Waals surface area contributed by atoms with Gasteiger partial charge in [-0.15, -0.1) is 0 Å². The maximum Gasteiger partial charge on any atom is 0.243 e. The molecule has 0 saturated carbocycles. The molecule has 4 nitrogen and oxygen atoms in total. The lowest BCUT2D eigenvalue weighted by atomic mass is 10.2. The Hall–Kier alpha value is -2.63. The molecule has 0 bridgehead atoms. The minimum Gasteiger partial charge on any atom is -0.397 e. The second kappa shape index (κ2) is 6.21. The molecule has 21 heavy (non-hydrogen) atoms. The summed E-state index contributed by atoms with van der Waals surface area (Å²) in [5, 5.41) is 2.54. The first-order valence-corrected chi connectivity index (χ1v) is 6.27. The summed E-state index contributed by atoms with van der Waals surface area (Å²) < 4.78 is 25.9. The van der Waals surface area contributed by atoms with Crippen molar-refractivity contribution in [3.8, 4) is 0 Å². The van der Waals surface area contributed by atoms with Crippen LogP contribution in [0.3, 0.4) is 0 Å². The number of nitrogens with two attached hydrogens (primary N) is 1. The summed E-state index contributed by atoms with van der Waals surface area (Å²) in [6.07, 6.45) is 0. The van der Waals surface area contributed by atoms with Crippen LogP contribution in [0.5, 0.6) is 0 Å². The van der Waals surface area contributed by atoms with Gasteiger partial charge in [-0.1, -0.05) is 0 Å². The Morgan fingerprint density at radius 3 is 2.43 bits per heavy atom. The predicted molar refractivity (Wildman–Crippen MR) is 79.1 cm³/mol. The van der Waals surface area contributed by atoms with E-state index in [-0.39, 0.29) is 29.6 Å². The van der Waals surface area contributed by atoms with Crippen LogP contribution < -0.4 is 16.0 Å². The van der Waals surface area contributed by atoms with Crippen molar-refractivity contribution in [3.05, 3.63) is 54.1 Å². The first-order chi connectivity index (χ1) is 9.95. The number of amides is 1. The fourth-order valence-electron chi connectivity index (χ4n) is 1.83. The zero-order valence-corrected chi connectivity index (χ0v) is 11.4. The Balaban J connectivity index is 2.01. The Morgan fingerprint density at radius 2 is 1.76 bits per heavy atom. The van der Waals surface area contributed by atoms with Crippen LogP contribution in [0.2, 0.25) is 0 Å². The van der Waals surface area contributed by atoms with Crippen molar-refractivity contribution < 1.29 is 13.6 Å². The number of carbonyl (C=O) groups excluding carboxylic acids is 1. The molecule has 0 atom stereocenters. The number of halogens is 2. The van der Waals surface area contributed by atoms with E-state index in [1.807, 2.05) is 0 Å². The lowest BCUT2D eigenvalue weighted by Gasteiger charge is -2.19. The topological polar surface area (TPSA) is 58.4 Å². The van der Waals surface area contributed by atoms with Crippen LogP contribution in [0.25, 0.3) is 0 Å². The number of nitrogens with zero attached hydrogens (tertiary/aromatic N) is 1. The van der Waals surface area contributed by atoms with Gasteiger partial charge < -0.3 is 16.0 Å². The van der Waals surface area contributed by atoms with E-state index >= 15 is 0 Å². The minimum atomic E-state index is -0.480. The van der Waals surface area contributed by atoms with Crippen LogP contribution >= 0.6 is 0 Å². The average molecular weight is 291 g/mol. The number of carbonyl (C=O) groups is 1. The van der Waals surface area contributed by atoms with Crippen LogP contribution in [-0.4, -0.2) is 19.5 Å². The fourth-order valence-corrected chi connectivity index (χ4v) is 1.83. The zero-order valence-electron chi connectivity index (χ0n) is 11.4. The molecule has 0 aliphatic heterocycles. The predicted octanol–water partition coefficient (Wildman–Crippen LogP) is 2.62. The summed E-state index contributed by atoms with van der Waals surface area (Å²) in [5.74, 6) is -1.17. The van der Waals surface area contributed by atoms with Gasteiger partial charge in [0.1, 0.15) is 11.6 Å². The molecule has 0 heterocycles. The lowest BCUT2D eigenvalue weighted by Crippen LogP contribution is -2.30. The highest BCUT2D eigenvalue weighted by Gasteiger charge is 2.10. The molecule has 1 amide bonds. The van der Waals surface area contributed by atoms with E-state index in [0.29, 0.717) is 5.69 Å². The highest BCUT2D eigenvalue weighted by Crippen LogP contribution is 2.19. The number of nitrogens with one attached hydrogen (secondary N) is 1. The number of benzene rings is 2. The molecule has 0 radical (unpaired) electrons. The van der Waals surface area contributed by atoms with Crippen molar-refractivity contribution in [2.24, 2.45) is 0 Å². The molecule has 0 aliphatic carbocycles. The number of hydrogen-bond acceptors (Lipinski definition) is 3. The number of likely N-dealkylation sites (N-methyl/N-ethyl adjacent to an activating group) is 1. The third-order valence-corrected chi connectivity index (χ3v) is 2.94. The Kier molecular flexibility index (Phi) is 4.37. The quantitative estimate of drug-likeness (QED) is 0.851. The average Bonchev–Trinajstić information content (AvgIpc) is 2.43. The molecule has 0 spiro atoms. The van der Waals surface area contributed by atoms with Crippen LogP contribution in [0.15, 0.2) is 42.5 Å². The summed E-state index contributed by atoms with van der Waals surface area (Å²) in [6, 6.07) is 9.52. The van der Waals surface area contributed by atoms with Crippen molar-refractivity contribution in [1.82, 2.24) is 0 Å². The van der Waals surface area contributed by atoms with Crippen LogP contribution in [0, 0.1) is 11.6 Å². The smallest absolute Gasteiger partial charge is 0.243 e. The summed E-state index contributed by atoms with van der Waals surface area (Å²) in [5.41, 5.74) is 6.87. The van der Waals surface area contributed by atoms with Crippen molar-refractivity contribution in [1.29, 1.82) is 0 Å². The maximum atomic E-state index is 13.1. The van der Waals surface area contributed by atoms with Gasteiger partial charge in [0.25, 0.3) is 0 Å². The standard InChI is InChI=1S/C15H15F2N3O/c1-20(12-5-2-10(16)3-6-12)9-15(21)19-14-8-11(17)4-7-13(14)18/h2-8H,9,18H2,1H3,(H,19,21). The van der Waals surface area contributed by atoms with E-state index in [0.717, 1.165) is 6.07 Å². The normalized spacial score (nSPS) is 10.2. The number of anilines is 3. The van der Waals surface area contributed by atoms with Crippen LogP contribution in [0.4, 0.5) is 25.8 Å². The van der Waals surface area contributed by atoms with Gasteiger partial charge in [-0.05, 0) is 42.5 Å². The van der Waals surface area contributed by atoms with Crippen LogP contribution in [0.1, 0.15) is 0 Å². The van der Waals surface area contributed by atoms with Gasteiger partial charge in [0.05, 0.1) is 17.9 Å². The first kappa shape index (κ1) is 14.8. The van der Waals surface area contributed by atoms with Crippen molar-refractivity contribution in [2.75, 3.05) is 29.5 Å². The molecule has 3 N–H and O–H groups in total. The van der Waals surface area contributed by atoms with Crippen LogP contribution in [-0.2, 0) is 4.79 Å². The zero-order chi connectivity index (χ0) is 15.4. The summed E-state index contributed by atoms with van der Waals surface area (Å²) in [4.78, 5) is 13.6. The number of nitrogen functional groups attached to an aromatic ring is 1. The highest BCUT2D eigenvalue weighted by molar-refractivity contribution is 5.96. The Labute approximate surface area is 121 Å². The molecule has 0 aliphatic rings. The highest BCUT2D eigenvalue weighted by atomic mass is 19.1. The van der Waals surface area contributed by atoms with Gasteiger partial charge in [0, 0.05) is 12.7 Å². The maximum absolute atomic E-state index is 13.1. The molecule has 0 fully saturated rings. The third-order valence-electron chi connectivity index (χ3n) is 2.94. The molecular weight excluding hydrogens is 276 g/mol. The Morgan fingerprint density at radius 1 is 1.14 bits per heavy atom. The molecular formula is C15H15F2N3O. The first-order valence-electron chi connectivity index (χ1n) is 6.27. The second-order valence-electron chi connectivity index (χ2n) is 4.61. The van der Waals surface area contributed by atoms with E-state index in [9.17, 15) is 13.6 Å². The van der Waals surface area contributed by atoms with Gasteiger partial charge in [-0.2, -0.15) is 0 Å². The van der Waals surface area contributed by atoms with Gasteiger partial charge in [-0.25, -0.2) is 8.78 Å². The summed E-state index contributed by atoms with van der Waals surface area (Å²) in [7, 11) is 1.70. The molecule has 0 unspecified atom stereocenters. The summed E-state index contributed by atoms with van der Waals surface area (Å²) >= 11 is 0. The van der Waals surface area contributed by atoms with Gasteiger partial charge in [0.15, 0.2) is 0 Å². The monoisotopic (exact) mass is 291 g/mol. The SMILES string of the molecule is CN(CC(=O)Nc1cc(F)ccc1N)c1ccc(F)cc1. The van der Waals surface area contributed by atoms with Crippen molar-refractivity contribution >= 4 is 23.0 Å². The van der Waals surface area contributed by atoms with Gasteiger partial charge in [-0.3, -0.25) is 4.79 Å². The van der Waals surface area contributed by atoms with Gasteiger partial charge in [0.2, 0.25) is 5.91 Å². The molecule has 2 aromatic carbocycles. The van der Waals surface area contributed by atoms with E-state index in [2.05, 4.69) is 5.32 Å². The molecule has 0 aromatic heterocycles. The second-order valence-corrected chi connectivity index (χ2v) is 4.61. The molecule has 2 rings (SSSR count). The van der Waals surface area contributed by atoms with E-state index in [1.54, 1.807) is 24.1 Å². The number of hydrogen-bond donors (Lipinski definition) is 2. The molecule has 0 saturated heterocycles. The third kappa shape index (κ3) is 3.92. The molecule has 6 heteroatoms. The van der Waals surface area contributed by atoms with Gasteiger partial charge >= 0.3 is 0 Å². The lowest BCUT2D eigenvalue weighted by molar-refractivity contribution is -0.114. The summed E-state index contributed by atoms with van der Waals surface area (Å²) in [6.45, 7) is 0.0294. The minimum absolute atomic E-state index is 0.0294. The van der Waals surface area contributed by atoms with Crippen molar-refractivity contribution in [2.45, 2.75) is 0 Å².